The Balaban J connectivity index is 1.40. The summed E-state index contributed by atoms with van der Waals surface area (Å²) in [6.45, 7) is 8.46. The number of unbranched alkanes of at least 4 members (excludes halogenated alkanes) is 3. The summed E-state index contributed by atoms with van der Waals surface area (Å²) in [7, 11) is 1.72. The maximum atomic E-state index is 15.0. The number of allylic oxidation sites excluding steroid dienone is 1. The van der Waals surface area contributed by atoms with Gasteiger partial charge in [0.1, 0.15) is 23.7 Å². The third-order valence-corrected chi connectivity index (χ3v) is 11.5. The highest BCUT2D eigenvalue weighted by Gasteiger charge is 2.71. The quantitative estimate of drug-likeness (QED) is 0.194. The number of fused-ring (bicyclic) bond motifs is 2. The number of cyclic esters (lactones) is 1. The van der Waals surface area contributed by atoms with E-state index in [1.807, 2.05) is 79.7 Å². The van der Waals surface area contributed by atoms with Crippen molar-refractivity contribution in [2.24, 2.45) is 11.8 Å². The lowest BCUT2D eigenvalue weighted by Crippen LogP contribution is -2.55. The first-order valence-electron chi connectivity index (χ1n) is 19.3. The van der Waals surface area contributed by atoms with Crippen LogP contribution in [0.15, 0.2) is 78.9 Å². The van der Waals surface area contributed by atoms with Crippen LogP contribution < -0.4 is 9.80 Å². The number of hydrogen-bond donors (Lipinski definition) is 1. The summed E-state index contributed by atoms with van der Waals surface area (Å²) in [6, 6.07) is 15.7. The third-order valence-electron chi connectivity index (χ3n) is 11.5. The molecule has 11 nitrogen and oxygen atoms in total. The van der Waals surface area contributed by atoms with E-state index in [2.05, 4.69) is 18.7 Å². The number of ether oxygens (including phenoxy) is 2. The highest BCUT2D eigenvalue weighted by atomic mass is 16.6. The molecule has 2 saturated heterocycles. The summed E-state index contributed by atoms with van der Waals surface area (Å²) < 4.78 is 13.3. The first kappa shape index (κ1) is 38.3. The second-order valence-electron chi connectivity index (χ2n) is 14.5. The zero-order valence-electron chi connectivity index (χ0n) is 31.4. The fourth-order valence-electron chi connectivity index (χ4n) is 8.54. The topological polar surface area (TPSA) is 120 Å². The van der Waals surface area contributed by atoms with E-state index >= 15 is 0 Å². The van der Waals surface area contributed by atoms with Crippen LogP contribution in [-0.2, 0) is 28.7 Å². The molecule has 0 unspecified atom stereocenters. The first-order valence-corrected chi connectivity index (χ1v) is 19.3. The standard InChI is InChI=1S/C42H54N4O7/c1-5-44(6-2)31-21-23-32(24-22-31)45-27-16-25-42-36(39(49)46(38(42)40(45)50)26-14-7-8-15-28-47)35-33(53-42)19-12-13-20-34(48)43(4)29(3)37(52-41(35)51)30-17-10-9-11-18-30/h9-12,16-19,21-25,29,33,35-38,47H,5-8,13-15,20,26-28H2,1-4H3/b19-12-/t29-,33-,35+,36+,37+,38-,42+/m0/s1. The third kappa shape index (κ3) is 7.38. The number of carbonyl (C=O) groups is 4. The highest BCUT2D eigenvalue weighted by molar-refractivity contribution is 6.05. The molecule has 1 N–H and O–H groups in total. The zero-order chi connectivity index (χ0) is 37.7. The molecule has 1 spiro atoms. The Morgan fingerprint density at radius 1 is 0.906 bits per heavy atom. The molecule has 3 amide bonds. The van der Waals surface area contributed by atoms with Crippen molar-refractivity contribution in [3.05, 3.63) is 84.5 Å². The van der Waals surface area contributed by atoms with Crippen LogP contribution in [0.25, 0.3) is 0 Å². The van der Waals surface area contributed by atoms with E-state index in [1.165, 1.54) is 0 Å². The Kier molecular flexibility index (Phi) is 12.0. The molecule has 0 aliphatic carbocycles. The number of likely N-dealkylation sites (tertiary alicyclic amines) is 1. The molecule has 0 radical (unpaired) electrons. The van der Waals surface area contributed by atoms with Gasteiger partial charge >= 0.3 is 5.97 Å². The molecule has 2 aromatic carbocycles. The average molecular weight is 727 g/mol. The maximum absolute atomic E-state index is 15.0. The van der Waals surface area contributed by atoms with Gasteiger partial charge in [-0.25, -0.2) is 0 Å². The Morgan fingerprint density at radius 2 is 1.62 bits per heavy atom. The molecule has 2 fully saturated rings. The number of anilines is 2. The van der Waals surface area contributed by atoms with Crippen LogP contribution in [0.2, 0.25) is 0 Å². The molecule has 4 aliphatic heterocycles. The minimum Gasteiger partial charge on any atom is -0.455 e. The predicted octanol–water partition coefficient (Wildman–Crippen LogP) is 5.05. The number of benzene rings is 2. The number of rotatable bonds is 11. The lowest BCUT2D eigenvalue weighted by atomic mass is 9.77. The van der Waals surface area contributed by atoms with Gasteiger partial charge in [0.2, 0.25) is 11.8 Å². The van der Waals surface area contributed by atoms with Crippen molar-refractivity contribution >= 4 is 35.1 Å². The van der Waals surface area contributed by atoms with Gasteiger partial charge in [-0.2, -0.15) is 0 Å². The van der Waals surface area contributed by atoms with Crippen LogP contribution >= 0.6 is 0 Å². The Hall–Kier alpha value is -4.48. The number of likely N-dealkylation sites (N-methyl/N-ethyl adjacent to an activating group) is 1. The lowest BCUT2D eigenvalue weighted by molar-refractivity contribution is -0.164. The fraction of sp³-hybridized carbons (Fsp3) is 0.524. The smallest absolute Gasteiger partial charge is 0.313 e. The Morgan fingerprint density at radius 3 is 2.32 bits per heavy atom. The van der Waals surface area contributed by atoms with Gasteiger partial charge in [-0.1, -0.05) is 67.5 Å². The van der Waals surface area contributed by atoms with E-state index < -0.39 is 47.7 Å². The van der Waals surface area contributed by atoms with Gasteiger partial charge in [-0.15, -0.1) is 0 Å². The number of amides is 3. The molecule has 6 rings (SSSR count). The molecule has 4 heterocycles. The van der Waals surface area contributed by atoms with Crippen molar-refractivity contribution in [2.45, 2.75) is 89.2 Å². The number of aliphatic hydroxyl groups is 1. The molecule has 11 heteroatoms. The van der Waals surface area contributed by atoms with Crippen molar-refractivity contribution in [3.8, 4) is 0 Å². The zero-order valence-corrected chi connectivity index (χ0v) is 31.4. The van der Waals surface area contributed by atoms with Crippen molar-refractivity contribution in [1.29, 1.82) is 0 Å². The van der Waals surface area contributed by atoms with Gasteiger partial charge in [0.25, 0.3) is 5.91 Å². The maximum Gasteiger partial charge on any atom is 0.313 e. The number of hydrogen-bond acceptors (Lipinski definition) is 8. The van der Waals surface area contributed by atoms with E-state index in [-0.39, 0.29) is 37.3 Å². The average Bonchev–Trinajstić information content (AvgIpc) is 3.55. The van der Waals surface area contributed by atoms with Crippen molar-refractivity contribution < 1.29 is 33.8 Å². The Bertz CT molecular complexity index is 1680. The van der Waals surface area contributed by atoms with Crippen LogP contribution in [0.4, 0.5) is 11.4 Å². The van der Waals surface area contributed by atoms with E-state index in [0.29, 0.717) is 31.5 Å². The van der Waals surface area contributed by atoms with E-state index in [4.69, 9.17) is 9.47 Å². The molecule has 284 valence electrons. The van der Waals surface area contributed by atoms with Crippen LogP contribution in [-0.4, -0.2) is 102 Å². The molecule has 7 atom stereocenters. The van der Waals surface area contributed by atoms with Gasteiger partial charge in [0.05, 0.1) is 18.1 Å². The van der Waals surface area contributed by atoms with Gasteiger partial charge in [0.15, 0.2) is 0 Å². The molecule has 0 saturated carbocycles. The lowest BCUT2D eigenvalue weighted by Gasteiger charge is -2.35. The van der Waals surface area contributed by atoms with Crippen molar-refractivity contribution in [1.82, 2.24) is 9.80 Å². The second-order valence-corrected chi connectivity index (χ2v) is 14.5. The number of aliphatic hydroxyl groups excluding tert-OH is 1. The fourth-order valence-corrected chi connectivity index (χ4v) is 8.54. The summed E-state index contributed by atoms with van der Waals surface area (Å²) in [6.07, 6.45) is 9.21. The van der Waals surface area contributed by atoms with Gasteiger partial charge in [-0.3, -0.25) is 19.2 Å². The van der Waals surface area contributed by atoms with E-state index in [0.717, 1.165) is 37.2 Å². The molecule has 0 aromatic heterocycles. The summed E-state index contributed by atoms with van der Waals surface area (Å²) in [5.74, 6) is -3.30. The van der Waals surface area contributed by atoms with E-state index in [1.54, 1.807) is 27.8 Å². The van der Waals surface area contributed by atoms with Gasteiger partial charge in [0, 0.05) is 57.6 Å². The van der Waals surface area contributed by atoms with Crippen LogP contribution in [0.5, 0.6) is 0 Å². The monoisotopic (exact) mass is 726 g/mol. The second kappa shape index (κ2) is 16.7. The van der Waals surface area contributed by atoms with Crippen LogP contribution in [0, 0.1) is 11.8 Å². The van der Waals surface area contributed by atoms with Crippen molar-refractivity contribution in [2.75, 3.05) is 49.6 Å². The van der Waals surface area contributed by atoms with Gasteiger partial charge < -0.3 is 34.2 Å². The Labute approximate surface area is 313 Å². The summed E-state index contributed by atoms with van der Waals surface area (Å²) in [5.41, 5.74) is 1.08. The molecule has 4 aliphatic rings. The number of esters is 1. The molecule has 0 bridgehead atoms. The van der Waals surface area contributed by atoms with Crippen molar-refractivity contribution in [3.63, 3.8) is 0 Å². The van der Waals surface area contributed by atoms with Gasteiger partial charge in [-0.05, 0) is 69.9 Å². The molecule has 2 aromatic rings. The molecular formula is C42H54N4O7. The highest BCUT2D eigenvalue weighted by Crippen LogP contribution is 2.53. The minimum atomic E-state index is -1.42. The predicted molar refractivity (Wildman–Crippen MR) is 203 cm³/mol. The van der Waals surface area contributed by atoms with Crippen LogP contribution in [0.1, 0.15) is 71.0 Å². The summed E-state index contributed by atoms with van der Waals surface area (Å²) in [5, 5.41) is 9.33. The molecule has 53 heavy (non-hydrogen) atoms. The summed E-state index contributed by atoms with van der Waals surface area (Å²) in [4.78, 5) is 64.9. The minimum absolute atomic E-state index is 0.0774. The van der Waals surface area contributed by atoms with Crippen LogP contribution in [0.3, 0.4) is 0 Å². The van der Waals surface area contributed by atoms with E-state index in [9.17, 15) is 24.3 Å². The molecular weight excluding hydrogens is 672 g/mol. The number of carbonyl (C=O) groups excluding carboxylic acids is 4. The SMILES string of the molecule is CCN(CC)c1ccc(N2CC=C[C@@]34O[C@H]5/C=C\CCC(=O)N(C)[C@@H](C)[C@H](c6ccccc6)OC(=O)[C@H]5[C@@H]3C(=O)N(CCCCCCO)[C@H]4C2=O)cc1. The largest absolute Gasteiger partial charge is 0.455 e. The normalized spacial score (nSPS) is 29.5. The summed E-state index contributed by atoms with van der Waals surface area (Å²) >= 11 is 0. The number of nitrogens with zero attached hydrogens (tertiary/aromatic N) is 4. The first-order chi connectivity index (χ1) is 25.7.